The van der Waals surface area contributed by atoms with Crippen LogP contribution in [0.5, 0.6) is 11.5 Å². The first kappa shape index (κ1) is 19.1. The van der Waals surface area contributed by atoms with Crippen LogP contribution in [-0.2, 0) is 11.2 Å². The molecule has 2 aromatic carbocycles. The van der Waals surface area contributed by atoms with E-state index in [1.807, 2.05) is 0 Å². The number of methoxy groups -OCH3 is 1. The molecule has 0 bridgehead atoms. The highest BCUT2D eigenvalue weighted by molar-refractivity contribution is 8.18. The van der Waals surface area contributed by atoms with Gasteiger partial charge in [0.05, 0.1) is 17.7 Å². The summed E-state index contributed by atoms with van der Waals surface area (Å²) in [7, 11) is 1.48. The lowest BCUT2D eigenvalue weighted by atomic mass is 10.1. The molecule has 2 aromatic rings. The van der Waals surface area contributed by atoms with Gasteiger partial charge in [-0.3, -0.25) is 4.79 Å². The highest BCUT2D eigenvalue weighted by Crippen LogP contribution is 2.34. The van der Waals surface area contributed by atoms with Crippen molar-refractivity contribution in [3.05, 3.63) is 70.1 Å². The number of thioether (sulfide) groups is 1. The van der Waals surface area contributed by atoms with E-state index >= 15 is 0 Å². The molecule has 5 nitrogen and oxygen atoms in total. The second-order valence-electron chi connectivity index (χ2n) is 5.68. The van der Waals surface area contributed by atoms with E-state index in [0.29, 0.717) is 38.5 Å². The lowest BCUT2D eigenvalue weighted by Gasteiger charge is -2.09. The molecule has 0 aromatic heterocycles. The molecule has 1 aliphatic heterocycles. The summed E-state index contributed by atoms with van der Waals surface area (Å²) in [5, 5.41) is 14.0. The van der Waals surface area contributed by atoms with Crippen molar-refractivity contribution in [2.24, 2.45) is 4.99 Å². The number of ether oxygens (including phenoxy) is 1. The maximum Gasteiger partial charge on any atom is 0.264 e. The molecule has 0 unspecified atom stereocenters. The number of carbonyl (C=O) groups is 1. The molecule has 7 heteroatoms. The van der Waals surface area contributed by atoms with E-state index in [9.17, 15) is 9.90 Å². The summed E-state index contributed by atoms with van der Waals surface area (Å²) in [6.45, 7) is 3.69. The molecule has 1 fully saturated rings. The molecule has 138 valence electrons. The Hall–Kier alpha value is -2.70. The number of hydrogen-bond donors (Lipinski definition) is 2. The fraction of sp³-hybridized carbons (Fsp3) is 0.100. The van der Waals surface area contributed by atoms with Crippen molar-refractivity contribution in [1.82, 2.24) is 5.32 Å². The van der Waals surface area contributed by atoms with Gasteiger partial charge in [0.25, 0.3) is 5.91 Å². The summed E-state index contributed by atoms with van der Waals surface area (Å²) in [6, 6.07) is 10.5. The van der Waals surface area contributed by atoms with Gasteiger partial charge >= 0.3 is 0 Å². The number of rotatable bonds is 5. The molecule has 1 saturated heterocycles. The number of aromatic hydroxyl groups is 1. The number of benzene rings is 2. The Morgan fingerprint density at radius 1 is 1.33 bits per heavy atom. The van der Waals surface area contributed by atoms with Crippen LogP contribution < -0.4 is 10.1 Å². The van der Waals surface area contributed by atoms with Crippen molar-refractivity contribution in [2.45, 2.75) is 6.42 Å². The molecule has 27 heavy (non-hydrogen) atoms. The third kappa shape index (κ3) is 4.53. The maximum atomic E-state index is 12.3. The van der Waals surface area contributed by atoms with Crippen molar-refractivity contribution in [2.75, 3.05) is 7.11 Å². The third-order valence-corrected chi connectivity index (χ3v) is 4.93. The molecule has 0 atom stereocenters. The minimum Gasteiger partial charge on any atom is -0.504 e. The van der Waals surface area contributed by atoms with Crippen LogP contribution in [0.2, 0.25) is 5.02 Å². The fourth-order valence-electron chi connectivity index (χ4n) is 2.50. The number of nitrogens with zero attached hydrogens (tertiary/aromatic N) is 1. The van der Waals surface area contributed by atoms with Gasteiger partial charge < -0.3 is 15.2 Å². The molecule has 0 aliphatic carbocycles. The Morgan fingerprint density at radius 3 is 2.74 bits per heavy atom. The van der Waals surface area contributed by atoms with Gasteiger partial charge in [0, 0.05) is 10.6 Å². The van der Waals surface area contributed by atoms with Gasteiger partial charge in [0.1, 0.15) is 0 Å². The number of nitrogens with one attached hydrogen (secondary N) is 1. The summed E-state index contributed by atoms with van der Waals surface area (Å²) < 4.78 is 5.22. The molecule has 1 aliphatic rings. The summed E-state index contributed by atoms with van der Waals surface area (Å²) in [5.41, 5.74) is 2.12. The summed E-state index contributed by atoms with van der Waals surface area (Å²) in [4.78, 5) is 17.2. The quantitative estimate of drug-likeness (QED) is 0.565. The van der Waals surface area contributed by atoms with E-state index in [1.165, 1.54) is 18.9 Å². The monoisotopic (exact) mass is 400 g/mol. The first-order valence-electron chi connectivity index (χ1n) is 8.06. The number of amides is 1. The zero-order chi connectivity index (χ0) is 19.4. The van der Waals surface area contributed by atoms with Gasteiger partial charge in [-0.25, -0.2) is 4.99 Å². The van der Waals surface area contributed by atoms with Crippen LogP contribution in [0.15, 0.2) is 59.0 Å². The van der Waals surface area contributed by atoms with E-state index in [0.717, 1.165) is 5.56 Å². The fourth-order valence-corrected chi connectivity index (χ4v) is 3.47. The summed E-state index contributed by atoms with van der Waals surface area (Å²) in [5.74, 6) is 0.192. The first-order valence-corrected chi connectivity index (χ1v) is 9.25. The Bertz CT molecular complexity index is 952. The van der Waals surface area contributed by atoms with Crippen LogP contribution in [-0.4, -0.2) is 23.3 Å². The van der Waals surface area contributed by atoms with Gasteiger partial charge in [0.2, 0.25) is 0 Å². The number of phenols is 1. The molecule has 2 N–H and O–H groups in total. The van der Waals surface area contributed by atoms with Crippen molar-refractivity contribution in [1.29, 1.82) is 0 Å². The Morgan fingerprint density at radius 2 is 2.07 bits per heavy atom. The molecular weight excluding hydrogens is 384 g/mol. The van der Waals surface area contributed by atoms with E-state index in [4.69, 9.17) is 16.3 Å². The topological polar surface area (TPSA) is 70.9 Å². The lowest BCUT2D eigenvalue weighted by Crippen LogP contribution is -2.19. The highest BCUT2D eigenvalue weighted by atomic mass is 35.5. The zero-order valence-electron chi connectivity index (χ0n) is 14.5. The van der Waals surface area contributed by atoms with E-state index in [-0.39, 0.29) is 11.7 Å². The molecular formula is C20H17ClN2O3S. The second kappa shape index (κ2) is 8.33. The van der Waals surface area contributed by atoms with E-state index in [1.54, 1.807) is 48.6 Å². The van der Waals surface area contributed by atoms with Gasteiger partial charge in [-0.1, -0.05) is 17.7 Å². The van der Waals surface area contributed by atoms with Gasteiger partial charge in [-0.2, -0.15) is 0 Å². The molecule has 0 radical (unpaired) electrons. The summed E-state index contributed by atoms with van der Waals surface area (Å²) in [6.07, 6.45) is 3.92. The number of phenolic OH excluding ortho intramolecular Hbond substituents is 1. The highest BCUT2D eigenvalue weighted by Gasteiger charge is 2.24. The van der Waals surface area contributed by atoms with Gasteiger partial charge in [0.15, 0.2) is 16.7 Å². The molecule has 0 spiro atoms. The summed E-state index contributed by atoms with van der Waals surface area (Å²) >= 11 is 7.11. The normalized spacial score (nSPS) is 16.6. The number of aliphatic imine (C=N–C) groups is 1. The molecule has 0 saturated carbocycles. The lowest BCUT2D eigenvalue weighted by molar-refractivity contribution is -0.115. The number of allylic oxidation sites excluding steroid dienone is 1. The number of halogens is 1. The SMILES string of the molecule is C=CCc1cc(/C=C2\SC(=Nc3ccc(Cl)cc3)NC2=O)cc(OC)c1O. The minimum atomic E-state index is -0.231. The van der Waals surface area contributed by atoms with Crippen molar-refractivity contribution in [3.8, 4) is 11.5 Å². The minimum absolute atomic E-state index is 0.0769. The van der Waals surface area contributed by atoms with Gasteiger partial charge in [-0.15, -0.1) is 6.58 Å². The number of amidine groups is 1. The van der Waals surface area contributed by atoms with Crippen LogP contribution in [0.3, 0.4) is 0 Å². The van der Waals surface area contributed by atoms with Crippen molar-refractivity contribution >= 4 is 46.2 Å². The predicted molar refractivity (Wildman–Crippen MR) is 111 cm³/mol. The number of hydrogen-bond acceptors (Lipinski definition) is 5. The predicted octanol–water partition coefficient (Wildman–Crippen LogP) is 4.67. The average molecular weight is 401 g/mol. The Kier molecular flexibility index (Phi) is 5.88. The van der Waals surface area contributed by atoms with Crippen molar-refractivity contribution < 1.29 is 14.6 Å². The maximum absolute atomic E-state index is 12.3. The van der Waals surface area contributed by atoms with Gasteiger partial charge in [-0.05, 0) is 66.2 Å². The van der Waals surface area contributed by atoms with Crippen LogP contribution in [0.1, 0.15) is 11.1 Å². The molecule has 1 amide bonds. The Balaban J connectivity index is 1.89. The van der Waals surface area contributed by atoms with Crippen LogP contribution >= 0.6 is 23.4 Å². The van der Waals surface area contributed by atoms with Crippen LogP contribution in [0, 0.1) is 0 Å². The largest absolute Gasteiger partial charge is 0.504 e. The van der Waals surface area contributed by atoms with Crippen molar-refractivity contribution in [3.63, 3.8) is 0 Å². The second-order valence-corrected chi connectivity index (χ2v) is 7.15. The zero-order valence-corrected chi connectivity index (χ0v) is 16.1. The first-order chi connectivity index (χ1) is 13.0. The smallest absolute Gasteiger partial charge is 0.264 e. The van der Waals surface area contributed by atoms with Crippen LogP contribution in [0.25, 0.3) is 6.08 Å². The van der Waals surface area contributed by atoms with Crippen LogP contribution in [0.4, 0.5) is 5.69 Å². The third-order valence-electron chi connectivity index (χ3n) is 3.77. The standard InChI is InChI=1S/C20H17ClN2O3S/c1-3-4-13-9-12(10-16(26-2)18(13)24)11-17-19(25)23-20(27-17)22-15-7-5-14(21)6-8-15/h3,5-11,24H,1,4H2,2H3,(H,22,23,25)/b17-11-. The van der Waals surface area contributed by atoms with E-state index in [2.05, 4.69) is 16.9 Å². The number of carbonyl (C=O) groups excluding carboxylic acids is 1. The van der Waals surface area contributed by atoms with E-state index < -0.39 is 0 Å². The molecule has 1 heterocycles. The molecule has 3 rings (SSSR count). The Labute approximate surface area is 166 Å². The average Bonchev–Trinajstić information content (AvgIpc) is 2.98.